The fraction of sp³-hybridized carbons (Fsp3) is 0.364. The van der Waals surface area contributed by atoms with Crippen molar-refractivity contribution in [3.05, 3.63) is 18.2 Å². The second-order valence-corrected chi connectivity index (χ2v) is 6.86. The van der Waals surface area contributed by atoms with Crippen molar-refractivity contribution in [3.63, 3.8) is 0 Å². The van der Waals surface area contributed by atoms with Gasteiger partial charge in [-0.2, -0.15) is 0 Å². The quantitative estimate of drug-likeness (QED) is 0.927. The van der Waals surface area contributed by atoms with E-state index in [9.17, 15) is 8.42 Å². The van der Waals surface area contributed by atoms with E-state index in [-0.39, 0.29) is 5.75 Å². The summed E-state index contributed by atoms with van der Waals surface area (Å²) < 4.78 is 24.7. The Morgan fingerprint density at radius 3 is 2.82 bits per heavy atom. The molecule has 2 aromatic rings. The monoisotopic (exact) mass is 270 g/mol. The third kappa shape index (κ3) is 2.42. The van der Waals surface area contributed by atoms with Crippen molar-refractivity contribution in [2.24, 2.45) is 0 Å². The molecule has 1 heterocycles. The molecular weight excluding hydrogens is 256 g/mol. The largest absolute Gasteiger partial charge is 0.365 e. The molecule has 0 unspecified atom stereocenters. The maximum atomic E-state index is 11.9. The van der Waals surface area contributed by atoms with Crippen LogP contribution in [0.3, 0.4) is 0 Å². The molecule has 0 aliphatic carbocycles. The van der Waals surface area contributed by atoms with Gasteiger partial charge in [0, 0.05) is 7.05 Å². The van der Waals surface area contributed by atoms with E-state index in [1.54, 1.807) is 25.2 Å². The number of rotatable bonds is 4. The van der Waals surface area contributed by atoms with Crippen molar-refractivity contribution in [3.8, 4) is 0 Å². The highest BCUT2D eigenvalue weighted by Gasteiger charge is 2.14. The minimum Gasteiger partial charge on any atom is -0.365 e. The first-order valence-corrected chi connectivity index (χ1v) is 7.85. The molecule has 2 rings (SSSR count). The fourth-order valence-corrected chi connectivity index (χ4v) is 3.87. The fourth-order valence-electron chi connectivity index (χ4n) is 1.59. The first-order chi connectivity index (χ1) is 8.06. The Hall–Kier alpha value is -1.14. The van der Waals surface area contributed by atoms with Gasteiger partial charge >= 0.3 is 0 Å². The summed E-state index contributed by atoms with van der Waals surface area (Å²) in [5.74, 6) is 0.191. The number of anilines is 1. The molecule has 0 bridgehead atoms. The van der Waals surface area contributed by atoms with Crippen molar-refractivity contribution in [1.29, 1.82) is 0 Å². The van der Waals surface area contributed by atoms with Crippen LogP contribution in [0.4, 0.5) is 5.13 Å². The van der Waals surface area contributed by atoms with Gasteiger partial charge in [0.1, 0.15) is 0 Å². The minimum atomic E-state index is -3.14. The van der Waals surface area contributed by atoms with E-state index in [1.165, 1.54) is 11.3 Å². The lowest BCUT2D eigenvalue weighted by atomic mass is 10.3. The zero-order valence-electron chi connectivity index (χ0n) is 9.73. The van der Waals surface area contributed by atoms with E-state index in [0.29, 0.717) is 11.3 Å². The standard InChI is InChI=1S/C11H14N2O2S2/c1-3-6-17(14,15)8-4-5-9-10(7-8)16-11(12-2)13-9/h4-5,7H,3,6H2,1-2H3,(H,12,13). The first kappa shape index (κ1) is 12.3. The second kappa shape index (κ2) is 4.62. The molecule has 1 aromatic carbocycles. The number of hydrogen-bond acceptors (Lipinski definition) is 5. The normalized spacial score (nSPS) is 11.9. The van der Waals surface area contributed by atoms with Crippen LogP contribution in [0.1, 0.15) is 13.3 Å². The van der Waals surface area contributed by atoms with Gasteiger partial charge in [-0.3, -0.25) is 0 Å². The molecule has 0 amide bonds. The van der Waals surface area contributed by atoms with Gasteiger partial charge in [0.2, 0.25) is 0 Å². The molecule has 0 fully saturated rings. The molecule has 1 aromatic heterocycles. The molecule has 1 N–H and O–H groups in total. The highest BCUT2D eigenvalue weighted by molar-refractivity contribution is 7.91. The topological polar surface area (TPSA) is 59.1 Å². The van der Waals surface area contributed by atoms with Crippen molar-refractivity contribution in [2.45, 2.75) is 18.2 Å². The van der Waals surface area contributed by atoms with Crippen LogP contribution in [0.25, 0.3) is 10.2 Å². The molecule has 92 valence electrons. The maximum absolute atomic E-state index is 11.9. The van der Waals surface area contributed by atoms with Crippen molar-refractivity contribution in [2.75, 3.05) is 18.1 Å². The van der Waals surface area contributed by atoms with Crippen LogP contribution < -0.4 is 5.32 Å². The summed E-state index contributed by atoms with van der Waals surface area (Å²) in [6, 6.07) is 5.10. The molecule has 0 radical (unpaired) electrons. The summed E-state index contributed by atoms with van der Waals surface area (Å²) in [5, 5.41) is 3.75. The van der Waals surface area contributed by atoms with Crippen molar-refractivity contribution < 1.29 is 8.42 Å². The van der Waals surface area contributed by atoms with E-state index in [0.717, 1.165) is 15.3 Å². The molecule has 0 saturated carbocycles. The number of fused-ring (bicyclic) bond motifs is 1. The Kier molecular flexibility index (Phi) is 3.35. The van der Waals surface area contributed by atoms with Gasteiger partial charge in [-0.25, -0.2) is 13.4 Å². The Bertz CT molecular complexity index is 632. The van der Waals surface area contributed by atoms with E-state index in [4.69, 9.17) is 0 Å². The Labute approximate surface area is 105 Å². The lowest BCUT2D eigenvalue weighted by molar-refractivity contribution is 0.595. The van der Waals surface area contributed by atoms with Crippen LogP contribution in [-0.2, 0) is 9.84 Å². The lowest BCUT2D eigenvalue weighted by Crippen LogP contribution is -2.05. The Balaban J connectivity index is 2.51. The maximum Gasteiger partial charge on any atom is 0.183 e. The van der Waals surface area contributed by atoms with Crippen LogP contribution in [0.5, 0.6) is 0 Å². The van der Waals surface area contributed by atoms with Gasteiger partial charge in [-0.1, -0.05) is 18.3 Å². The van der Waals surface area contributed by atoms with Crippen LogP contribution in [-0.4, -0.2) is 26.2 Å². The van der Waals surface area contributed by atoms with Crippen LogP contribution in [0.15, 0.2) is 23.1 Å². The van der Waals surface area contributed by atoms with Crippen molar-refractivity contribution in [1.82, 2.24) is 4.98 Å². The van der Waals surface area contributed by atoms with E-state index >= 15 is 0 Å². The average molecular weight is 270 g/mol. The zero-order chi connectivity index (χ0) is 12.5. The van der Waals surface area contributed by atoms with E-state index in [2.05, 4.69) is 10.3 Å². The SMILES string of the molecule is CCCS(=O)(=O)c1ccc2nc(NC)sc2c1. The van der Waals surface area contributed by atoms with E-state index in [1.807, 2.05) is 6.92 Å². The van der Waals surface area contributed by atoms with Crippen LogP contribution in [0, 0.1) is 0 Å². The number of benzene rings is 1. The molecule has 17 heavy (non-hydrogen) atoms. The number of sulfone groups is 1. The highest BCUT2D eigenvalue weighted by Crippen LogP contribution is 2.28. The third-order valence-electron chi connectivity index (χ3n) is 2.41. The predicted octanol–water partition coefficient (Wildman–Crippen LogP) is 2.52. The number of thiazole rings is 1. The summed E-state index contributed by atoms with van der Waals surface area (Å²) in [4.78, 5) is 4.70. The van der Waals surface area contributed by atoms with Gasteiger partial charge in [-0.15, -0.1) is 0 Å². The summed E-state index contributed by atoms with van der Waals surface area (Å²) >= 11 is 1.46. The lowest BCUT2D eigenvalue weighted by Gasteiger charge is -2.01. The summed E-state index contributed by atoms with van der Waals surface area (Å²) in [6.45, 7) is 1.86. The summed E-state index contributed by atoms with van der Waals surface area (Å²) in [5.41, 5.74) is 0.829. The number of nitrogens with zero attached hydrogens (tertiary/aromatic N) is 1. The summed E-state index contributed by atoms with van der Waals surface area (Å²) in [7, 11) is -1.34. The molecule has 0 saturated heterocycles. The predicted molar refractivity (Wildman–Crippen MR) is 71.5 cm³/mol. The van der Waals surface area contributed by atoms with Crippen LogP contribution >= 0.6 is 11.3 Å². The van der Waals surface area contributed by atoms with Gasteiger partial charge in [0.25, 0.3) is 0 Å². The molecule has 0 atom stereocenters. The van der Waals surface area contributed by atoms with E-state index < -0.39 is 9.84 Å². The Morgan fingerprint density at radius 2 is 2.18 bits per heavy atom. The summed E-state index contributed by atoms with van der Waals surface area (Å²) in [6.07, 6.45) is 0.630. The minimum absolute atomic E-state index is 0.191. The van der Waals surface area contributed by atoms with Crippen molar-refractivity contribution >= 4 is 36.5 Å². The third-order valence-corrected chi connectivity index (χ3v) is 5.36. The molecule has 6 heteroatoms. The number of nitrogens with one attached hydrogen (secondary N) is 1. The molecular formula is C11H14N2O2S2. The van der Waals surface area contributed by atoms with Gasteiger partial charge < -0.3 is 5.32 Å². The van der Waals surface area contributed by atoms with Gasteiger partial charge in [0.05, 0.1) is 20.9 Å². The zero-order valence-corrected chi connectivity index (χ0v) is 11.4. The van der Waals surface area contributed by atoms with Gasteiger partial charge in [-0.05, 0) is 24.6 Å². The van der Waals surface area contributed by atoms with Gasteiger partial charge in [0.15, 0.2) is 15.0 Å². The number of hydrogen-bond donors (Lipinski definition) is 1. The van der Waals surface area contributed by atoms with Crippen LogP contribution in [0.2, 0.25) is 0 Å². The molecule has 0 aliphatic rings. The second-order valence-electron chi connectivity index (χ2n) is 3.72. The first-order valence-electron chi connectivity index (χ1n) is 5.38. The molecule has 4 nitrogen and oxygen atoms in total. The highest BCUT2D eigenvalue weighted by atomic mass is 32.2. The average Bonchev–Trinajstić information content (AvgIpc) is 2.70. The molecule has 0 spiro atoms. The Morgan fingerprint density at radius 1 is 1.41 bits per heavy atom. The number of aromatic nitrogens is 1. The molecule has 0 aliphatic heterocycles. The smallest absolute Gasteiger partial charge is 0.183 e.